The Labute approximate surface area is 93.4 Å². The second-order valence-corrected chi connectivity index (χ2v) is 3.82. The summed E-state index contributed by atoms with van der Waals surface area (Å²) in [5.41, 5.74) is 0.748. The van der Waals surface area contributed by atoms with Crippen LogP contribution < -0.4 is 5.32 Å². The zero-order chi connectivity index (χ0) is 12.3. The number of carboxylic acid groups (broad SMARTS) is 1. The van der Waals surface area contributed by atoms with Crippen LogP contribution in [0.4, 0.5) is 0 Å². The molecule has 0 saturated carbocycles. The van der Waals surface area contributed by atoms with Crippen molar-refractivity contribution in [3.8, 4) is 0 Å². The highest BCUT2D eigenvalue weighted by molar-refractivity contribution is 5.93. The predicted octanol–water partition coefficient (Wildman–Crippen LogP) is 1.35. The first-order chi connectivity index (χ1) is 7.41. The molecule has 0 aromatic carbocycles. The fourth-order valence-corrected chi connectivity index (χ4v) is 1.28. The Kier molecular flexibility index (Phi) is 3.71. The molecule has 1 atom stereocenters. The fourth-order valence-electron chi connectivity index (χ4n) is 1.28. The van der Waals surface area contributed by atoms with Crippen molar-refractivity contribution < 1.29 is 19.1 Å². The van der Waals surface area contributed by atoms with E-state index in [1.165, 1.54) is 6.92 Å². The largest absolute Gasteiger partial charge is 0.481 e. The minimum absolute atomic E-state index is 0.0906. The van der Waals surface area contributed by atoms with Crippen LogP contribution in [0, 0.1) is 19.8 Å². The summed E-state index contributed by atoms with van der Waals surface area (Å²) in [5, 5.41) is 11.2. The van der Waals surface area contributed by atoms with Crippen LogP contribution in [0.25, 0.3) is 0 Å². The van der Waals surface area contributed by atoms with Crippen LogP contribution >= 0.6 is 0 Å². The Bertz CT molecular complexity index is 408. The molecule has 1 rings (SSSR count). The van der Waals surface area contributed by atoms with Gasteiger partial charge in [0.2, 0.25) is 0 Å². The third-order valence-electron chi connectivity index (χ3n) is 2.24. The molecule has 5 nitrogen and oxygen atoms in total. The lowest BCUT2D eigenvalue weighted by Crippen LogP contribution is -2.31. The molecule has 0 radical (unpaired) electrons. The number of hydrogen-bond acceptors (Lipinski definition) is 3. The van der Waals surface area contributed by atoms with Crippen molar-refractivity contribution in [2.24, 2.45) is 5.92 Å². The van der Waals surface area contributed by atoms with Crippen molar-refractivity contribution in [3.63, 3.8) is 0 Å². The van der Waals surface area contributed by atoms with Crippen LogP contribution in [-0.4, -0.2) is 23.5 Å². The molecule has 0 aliphatic heterocycles. The summed E-state index contributed by atoms with van der Waals surface area (Å²) in [6, 6.07) is 1.76. The SMILES string of the molecule is Cc1cc(C)c(C(=O)NC[C@@H](C)C(=O)O)o1. The molecule has 1 amide bonds. The lowest BCUT2D eigenvalue weighted by Gasteiger charge is -2.07. The molecular formula is C11H15NO4. The normalized spacial score (nSPS) is 12.2. The second-order valence-electron chi connectivity index (χ2n) is 3.82. The van der Waals surface area contributed by atoms with E-state index in [-0.39, 0.29) is 18.2 Å². The second kappa shape index (κ2) is 4.83. The average Bonchev–Trinajstić information content (AvgIpc) is 2.53. The predicted molar refractivity (Wildman–Crippen MR) is 57.3 cm³/mol. The van der Waals surface area contributed by atoms with Gasteiger partial charge in [-0.1, -0.05) is 6.92 Å². The molecule has 0 spiro atoms. The summed E-state index contributed by atoms with van der Waals surface area (Å²) in [6.07, 6.45) is 0. The van der Waals surface area contributed by atoms with Gasteiger partial charge >= 0.3 is 5.97 Å². The highest BCUT2D eigenvalue weighted by Gasteiger charge is 2.17. The number of amides is 1. The average molecular weight is 225 g/mol. The summed E-state index contributed by atoms with van der Waals surface area (Å²) in [4.78, 5) is 22.2. The van der Waals surface area contributed by atoms with Crippen molar-refractivity contribution >= 4 is 11.9 Å². The van der Waals surface area contributed by atoms with Gasteiger partial charge in [0, 0.05) is 12.1 Å². The molecule has 16 heavy (non-hydrogen) atoms. The maximum Gasteiger partial charge on any atom is 0.308 e. The Morgan fingerprint density at radius 3 is 2.56 bits per heavy atom. The lowest BCUT2D eigenvalue weighted by atomic mass is 10.2. The lowest BCUT2D eigenvalue weighted by molar-refractivity contribution is -0.140. The number of aryl methyl sites for hydroxylation is 2. The quantitative estimate of drug-likeness (QED) is 0.810. The maximum absolute atomic E-state index is 11.6. The van der Waals surface area contributed by atoms with Crippen molar-refractivity contribution in [1.29, 1.82) is 0 Å². The molecule has 2 N–H and O–H groups in total. The molecule has 0 bridgehead atoms. The van der Waals surface area contributed by atoms with E-state index < -0.39 is 11.9 Å². The summed E-state index contributed by atoms with van der Waals surface area (Å²) < 4.78 is 5.21. The molecule has 0 aliphatic carbocycles. The molecule has 1 aromatic rings. The first-order valence-corrected chi connectivity index (χ1v) is 5.00. The van der Waals surface area contributed by atoms with Crippen LogP contribution in [0.15, 0.2) is 10.5 Å². The number of furan rings is 1. The number of carboxylic acids is 1. The van der Waals surface area contributed by atoms with Gasteiger partial charge in [0.15, 0.2) is 5.76 Å². The van der Waals surface area contributed by atoms with Gasteiger partial charge in [-0.15, -0.1) is 0 Å². The molecule has 0 unspecified atom stereocenters. The van der Waals surface area contributed by atoms with E-state index in [9.17, 15) is 9.59 Å². The van der Waals surface area contributed by atoms with Crippen LogP contribution in [0.3, 0.4) is 0 Å². The zero-order valence-corrected chi connectivity index (χ0v) is 9.53. The van der Waals surface area contributed by atoms with Gasteiger partial charge in [-0.2, -0.15) is 0 Å². The monoisotopic (exact) mass is 225 g/mol. The van der Waals surface area contributed by atoms with Gasteiger partial charge in [-0.25, -0.2) is 0 Å². The third kappa shape index (κ3) is 2.85. The highest BCUT2D eigenvalue weighted by atomic mass is 16.4. The molecule has 0 aliphatic rings. The zero-order valence-electron chi connectivity index (χ0n) is 9.53. The van der Waals surface area contributed by atoms with Crippen molar-refractivity contribution in [2.45, 2.75) is 20.8 Å². The molecule has 88 valence electrons. The van der Waals surface area contributed by atoms with E-state index >= 15 is 0 Å². The number of carbonyl (C=O) groups is 2. The highest BCUT2D eigenvalue weighted by Crippen LogP contribution is 2.13. The summed E-state index contributed by atoms with van der Waals surface area (Å²) in [6.45, 7) is 5.14. The Morgan fingerprint density at radius 1 is 1.50 bits per heavy atom. The summed E-state index contributed by atoms with van der Waals surface area (Å²) in [5.74, 6) is -1.02. The Morgan fingerprint density at radius 2 is 2.12 bits per heavy atom. The fraction of sp³-hybridized carbons (Fsp3) is 0.455. The number of nitrogens with one attached hydrogen (secondary N) is 1. The number of hydrogen-bond donors (Lipinski definition) is 2. The number of carbonyl (C=O) groups excluding carboxylic acids is 1. The molecule has 1 aromatic heterocycles. The molecule has 5 heteroatoms. The van der Waals surface area contributed by atoms with Gasteiger partial charge in [0.25, 0.3) is 5.91 Å². The van der Waals surface area contributed by atoms with E-state index in [1.54, 1.807) is 19.9 Å². The smallest absolute Gasteiger partial charge is 0.308 e. The van der Waals surface area contributed by atoms with Gasteiger partial charge in [-0.05, 0) is 19.9 Å². The molecule has 1 heterocycles. The molecule has 0 saturated heterocycles. The van der Waals surface area contributed by atoms with Crippen LogP contribution in [-0.2, 0) is 4.79 Å². The maximum atomic E-state index is 11.6. The van der Waals surface area contributed by atoms with Crippen LogP contribution in [0.5, 0.6) is 0 Å². The van der Waals surface area contributed by atoms with Gasteiger partial charge in [0.1, 0.15) is 5.76 Å². The van der Waals surface area contributed by atoms with Crippen LogP contribution in [0.1, 0.15) is 28.8 Å². The number of rotatable bonds is 4. The van der Waals surface area contributed by atoms with Crippen LogP contribution in [0.2, 0.25) is 0 Å². The Balaban J connectivity index is 2.60. The van der Waals surface area contributed by atoms with Gasteiger partial charge in [0.05, 0.1) is 5.92 Å². The topological polar surface area (TPSA) is 79.5 Å². The summed E-state index contributed by atoms with van der Waals surface area (Å²) in [7, 11) is 0. The summed E-state index contributed by atoms with van der Waals surface area (Å²) >= 11 is 0. The first-order valence-electron chi connectivity index (χ1n) is 5.00. The minimum Gasteiger partial charge on any atom is -0.481 e. The number of aliphatic carboxylic acids is 1. The minimum atomic E-state index is -0.937. The third-order valence-corrected chi connectivity index (χ3v) is 2.24. The van der Waals surface area contributed by atoms with Gasteiger partial charge in [-0.3, -0.25) is 9.59 Å². The van der Waals surface area contributed by atoms with E-state index in [4.69, 9.17) is 9.52 Å². The molecule has 0 fully saturated rings. The standard InChI is InChI=1S/C11H15NO4/c1-6-4-8(3)16-9(6)10(13)12-5-7(2)11(14)15/h4,7H,5H2,1-3H3,(H,12,13)(H,14,15)/t7-/m1/s1. The van der Waals surface area contributed by atoms with Gasteiger partial charge < -0.3 is 14.8 Å². The van der Waals surface area contributed by atoms with Crippen molar-refractivity contribution in [2.75, 3.05) is 6.54 Å². The van der Waals surface area contributed by atoms with E-state index in [2.05, 4.69) is 5.32 Å². The van der Waals surface area contributed by atoms with E-state index in [0.29, 0.717) is 5.76 Å². The van der Waals surface area contributed by atoms with E-state index in [0.717, 1.165) is 5.56 Å². The first kappa shape index (κ1) is 12.3. The van der Waals surface area contributed by atoms with Crippen molar-refractivity contribution in [3.05, 3.63) is 23.2 Å². The Hall–Kier alpha value is -1.78. The van der Waals surface area contributed by atoms with E-state index in [1.807, 2.05) is 0 Å². The molecular weight excluding hydrogens is 210 g/mol. The van der Waals surface area contributed by atoms with Crippen molar-refractivity contribution in [1.82, 2.24) is 5.32 Å².